The Morgan fingerprint density at radius 1 is 0.196 bits per heavy atom. The second-order valence-corrected chi connectivity index (χ2v) is 27.6. The number of hydrogen-bond donors (Lipinski definition) is 0. The smallest absolute Gasteiger partial charge is 0.0754 e. The normalized spacial score (nSPS) is 15.9. The Labute approximate surface area is 563 Å². The fraction of sp³-hybridized carbons (Fsp3) is 0.0526. The van der Waals surface area contributed by atoms with Crippen LogP contribution in [0.5, 0.6) is 0 Å². The van der Waals surface area contributed by atoms with Crippen LogP contribution in [0.15, 0.2) is 328 Å². The van der Waals surface area contributed by atoms with Crippen LogP contribution >= 0.6 is 0 Å². The third kappa shape index (κ3) is 6.34. The van der Waals surface area contributed by atoms with Gasteiger partial charge < -0.3 is 9.80 Å². The monoisotopic (exact) mass is 1230 g/mol. The lowest BCUT2D eigenvalue weighted by Crippen LogP contribution is -2.36. The van der Waals surface area contributed by atoms with E-state index in [0.29, 0.717) is 0 Å². The van der Waals surface area contributed by atoms with Gasteiger partial charge in [0.1, 0.15) is 0 Å². The molecule has 16 aromatic rings. The lowest BCUT2D eigenvalue weighted by atomic mass is 9.64. The highest BCUT2D eigenvalue weighted by atomic mass is 15.1. The minimum absolute atomic E-state index is 0.567. The van der Waals surface area contributed by atoms with Gasteiger partial charge in [-0.2, -0.15) is 0 Å². The van der Waals surface area contributed by atoms with Crippen molar-refractivity contribution in [2.24, 2.45) is 0 Å². The molecule has 0 fully saturated rings. The predicted molar refractivity (Wildman–Crippen MR) is 402 cm³/mol. The summed E-state index contributed by atoms with van der Waals surface area (Å²) in [5.74, 6) is 0. The van der Waals surface area contributed by atoms with Gasteiger partial charge in [0.2, 0.25) is 0 Å². The van der Waals surface area contributed by atoms with Crippen molar-refractivity contribution in [2.75, 3.05) is 23.9 Å². The van der Waals surface area contributed by atoms with Crippen molar-refractivity contribution in [3.05, 3.63) is 394 Å². The molecule has 2 nitrogen and oxygen atoms in total. The maximum Gasteiger partial charge on any atom is 0.0754 e. The highest BCUT2D eigenvalue weighted by Crippen LogP contribution is 2.69. The molecule has 0 radical (unpaired) electrons. The summed E-state index contributed by atoms with van der Waals surface area (Å²) in [5, 5.41) is 7.40. The fourth-order valence-corrected chi connectivity index (χ4v) is 20.3. The third-order valence-electron chi connectivity index (χ3n) is 23.7. The Bertz CT molecular complexity index is 5870. The molecule has 0 amide bonds. The standard InChI is InChI=1S/C95H60N2/c1-96-86-52-19-17-47-81(86)93(75-41-11-5-28-61(75)62-29-6-12-42-76(62)93)84-50-23-38-69(91(84)96)59-34-21-36-66-73(59)56-74-60(70-39-24-51-85-92(70)97(2)87-53-20-18-48-82(87)94(85)77-43-13-7-30-63(77)64-31-8-14-44-78(64)94)35-22-37-67(74)88(66)72-40-25-49-83-89(72)71-33-10-16-46-80(71)95(83)79-45-15-9-32-65(79)68-55-54-57-26-3-4-27-58(57)90(68)95/h3-56H,1-2H3. The predicted octanol–water partition coefficient (Wildman–Crippen LogP) is 23.4. The Hall–Kier alpha value is -12.1. The second kappa shape index (κ2) is 19.1. The van der Waals surface area contributed by atoms with E-state index in [1.165, 1.54) is 200 Å². The zero-order valence-electron chi connectivity index (χ0n) is 53.6. The van der Waals surface area contributed by atoms with Gasteiger partial charge in [-0.05, 0) is 184 Å². The lowest BCUT2D eigenvalue weighted by Gasteiger charge is -2.44. The van der Waals surface area contributed by atoms with Crippen LogP contribution in [0.25, 0.3) is 110 Å². The first-order chi connectivity index (χ1) is 48.0. The zero-order chi connectivity index (χ0) is 63.6. The Balaban J connectivity index is 0.872. The summed E-state index contributed by atoms with van der Waals surface area (Å²) in [6.45, 7) is 0. The topological polar surface area (TPSA) is 6.48 Å². The minimum atomic E-state index is -0.583. The van der Waals surface area contributed by atoms with E-state index in [0.717, 1.165) is 0 Å². The first kappa shape index (κ1) is 53.3. The molecule has 0 saturated heterocycles. The number of anilines is 4. The van der Waals surface area contributed by atoms with Crippen molar-refractivity contribution >= 4 is 55.1 Å². The molecule has 1 unspecified atom stereocenters. The van der Waals surface area contributed by atoms with E-state index in [4.69, 9.17) is 0 Å². The molecule has 2 aliphatic heterocycles. The van der Waals surface area contributed by atoms with Crippen LogP contribution < -0.4 is 9.80 Å². The molecule has 6 aliphatic rings. The number of rotatable bonds is 3. The Morgan fingerprint density at radius 2 is 0.526 bits per heavy atom. The summed E-state index contributed by atoms with van der Waals surface area (Å²) in [6.07, 6.45) is 0. The van der Waals surface area contributed by atoms with E-state index in [1.54, 1.807) is 0 Å². The average Bonchev–Trinajstić information content (AvgIpc) is 1.58. The molecule has 1 atom stereocenters. The highest BCUT2D eigenvalue weighted by molar-refractivity contribution is 6.22. The summed E-state index contributed by atoms with van der Waals surface area (Å²) in [5.41, 5.74) is 36.6. The number of hydrogen-bond acceptors (Lipinski definition) is 2. The van der Waals surface area contributed by atoms with Crippen LogP contribution in [0.3, 0.4) is 0 Å². The summed E-state index contributed by atoms with van der Waals surface area (Å²) in [4.78, 5) is 5.00. The molecule has 16 aromatic carbocycles. The van der Waals surface area contributed by atoms with Gasteiger partial charge in [0.25, 0.3) is 0 Å². The van der Waals surface area contributed by atoms with E-state index >= 15 is 0 Å². The molecular weight excluding hydrogens is 1170 g/mol. The third-order valence-corrected chi connectivity index (χ3v) is 23.7. The first-order valence-electron chi connectivity index (χ1n) is 34.2. The minimum Gasteiger partial charge on any atom is -0.344 e. The molecule has 3 spiro atoms. The molecule has 450 valence electrons. The van der Waals surface area contributed by atoms with Crippen LogP contribution in [0.2, 0.25) is 0 Å². The van der Waals surface area contributed by atoms with Crippen LogP contribution in [0.1, 0.15) is 66.8 Å². The Morgan fingerprint density at radius 3 is 1.02 bits per heavy atom. The SMILES string of the molecule is CN1c2ccccc2C2(c3ccccc3-c3ccccc32)c2cccc(-c3cccc4c(-c5cccc6c5-c5ccccc5C65c6ccccc6-c6ccc7ccccc7c65)c5cccc(-c6cccc7c6N(C)c6ccccc6C76c7ccccc7-c7ccccc76)c5cc34)c21. The number of benzene rings is 16. The molecular formula is C95H60N2. The van der Waals surface area contributed by atoms with Crippen LogP contribution in [-0.2, 0) is 16.2 Å². The summed E-state index contributed by atoms with van der Waals surface area (Å²) < 4.78 is 0. The summed E-state index contributed by atoms with van der Waals surface area (Å²) in [7, 11) is 4.60. The van der Waals surface area contributed by atoms with Crippen LogP contribution in [0.4, 0.5) is 22.7 Å². The second-order valence-electron chi connectivity index (χ2n) is 27.6. The van der Waals surface area contributed by atoms with Gasteiger partial charge in [-0.1, -0.05) is 309 Å². The van der Waals surface area contributed by atoms with Gasteiger partial charge in [0.15, 0.2) is 0 Å². The molecule has 22 rings (SSSR count). The summed E-state index contributed by atoms with van der Waals surface area (Å²) >= 11 is 0. The first-order valence-corrected chi connectivity index (χ1v) is 34.2. The fourth-order valence-electron chi connectivity index (χ4n) is 20.3. The summed E-state index contributed by atoms with van der Waals surface area (Å²) in [6, 6.07) is 126. The van der Waals surface area contributed by atoms with Crippen molar-refractivity contribution in [1.82, 2.24) is 0 Å². The quantitative estimate of drug-likeness (QED) is 0.163. The van der Waals surface area contributed by atoms with Gasteiger partial charge >= 0.3 is 0 Å². The van der Waals surface area contributed by atoms with Crippen molar-refractivity contribution in [3.8, 4) is 77.9 Å². The van der Waals surface area contributed by atoms with Gasteiger partial charge in [0, 0.05) is 36.6 Å². The molecule has 0 N–H and O–H groups in total. The molecule has 4 aliphatic carbocycles. The van der Waals surface area contributed by atoms with Gasteiger partial charge in [-0.15, -0.1) is 0 Å². The lowest BCUT2D eigenvalue weighted by molar-refractivity contribution is 0.749. The van der Waals surface area contributed by atoms with Crippen LogP contribution in [0, 0.1) is 0 Å². The van der Waals surface area contributed by atoms with Crippen molar-refractivity contribution in [1.29, 1.82) is 0 Å². The van der Waals surface area contributed by atoms with Crippen LogP contribution in [-0.4, -0.2) is 14.1 Å². The van der Waals surface area contributed by atoms with Gasteiger partial charge in [0.05, 0.1) is 27.6 Å². The largest absolute Gasteiger partial charge is 0.344 e. The average molecular weight is 1230 g/mol. The van der Waals surface area contributed by atoms with Gasteiger partial charge in [-0.25, -0.2) is 0 Å². The molecule has 0 saturated carbocycles. The molecule has 0 aromatic heterocycles. The highest BCUT2D eigenvalue weighted by Gasteiger charge is 2.55. The van der Waals surface area contributed by atoms with E-state index in [2.05, 4.69) is 351 Å². The van der Waals surface area contributed by atoms with Crippen molar-refractivity contribution in [2.45, 2.75) is 16.2 Å². The molecule has 97 heavy (non-hydrogen) atoms. The maximum atomic E-state index is 2.59. The van der Waals surface area contributed by atoms with E-state index in [9.17, 15) is 0 Å². The molecule has 2 heterocycles. The van der Waals surface area contributed by atoms with E-state index in [-0.39, 0.29) is 0 Å². The van der Waals surface area contributed by atoms with E-state index < -0.39 is 16.2 Å². The Kier molecular flexibility index (Phi) is 10.5. The maximum absolute atomic E-state index is 2.59. The molecule has 0 bridgehead atoms. The molecule has 2 heteroatoms. The number of fused-ring (bicyclic) bond motifs is 32. The van der Waals surface area contributed by atoms with Crippen molar-refractivity contribution in [3.63, 3.8) is 0 Å². The van der Waals surface area contributed by atoms with E-state index in [1.807, 2.05) is 0 Å². The van der Waals surface area contributed by atoms with Gasteiger partial charge in [-0.3, -0.25) is 0 Å². The number of para-hydroxylation sites is 4. The zero-order valence-corrected chi connectivity index (χ0v) is 53.6. The van der Waals surface area contributed by atoms with Crippen molar-refractivity contribution < 1.29 is 0 Å². The number of nitrogens with zero attached hydrogens (tertiary/aromatic N) is 2.